The fourth-order valence-electron chi connectivity index (χ4n) is 3.31. The highest BCUT2D eigenvalue weighted by Gasteiger charge is 2.18. The van der Waals surface area contributed by atoms with Crippen LogP contribution in [0.1, 0.15) is 52.7 Å². The molecule has 0 atom stereocenters. The zero-order valence-corrected chi connectivity index (χ0v) is 23.4. The Morgan fingerprint density at radius 2 is 1.00 bits per heavy atom. The van der Waals surface area contributed by atoms with Crippen molar-refractivity contribution in [1.29, 1.82) is 0 Å². The van der Waals surface area contributed by atoms with Crippen LogP contribution in [0, 0.1) is 0 Å². The number of phenolic OH excluding ortho intramolecular Hbond substituents is 2. The minimum atomic E-state index is -0.659. The number of nitrogens with one attached hydrogen (secondary N) is 2. The summed E-state index contributed by atoms with van der Waals surface area (Å²) < 4.78 is 10.6. The monoisotopic (exact) mass is 546 g/mol. The topological polar surface area (TPSA) is 142 Å². The van der Waals surface area contributed by atoms with Gasteiger partial charge in [-0.25, -0.2) is 9.59 Å². The van der Waals surface area contributed by atoms with Gasteiger partial charge in [0.25, 0.3) is 0 Å². The summed E-state index contributed by atoms with van der Waals surface area (Å²) in [6.07, 6.45) is 1.49. The van der Waals surface area contributed by atoms with Gasteiger partial charge in [-0.3, -0.25) is 20.6 Å². The molecule has 0 aliphatic heterocycles. The lowest BCUT2D eigenvalue weighted by Crippen LogP contribution is -2.27. The van der Waals surface area contributed by atoms with E-state index in [1.165, 1.54) is 12.4 Å². The first-order chi connectivity index (χ1) is 18.7. The van der Waals surface area contributed by atoms with Crippen LogP contribution in [0.2, 0.25) is 0 Å². The zero-order chi connectivity index (χ0) is 29.5. The summed E-state index contributed by atoms with van der Waals surface area (Å²) in [6, 6.07) is 16.8. The van der Waals surface area contributed by atoms with Gasteiger partial charge in [0, 0.05) is 23.6 Å². The quantitative estimate of drug-likeness (QED) is 0.189. The molecule has 0 spiro atoms. The number of carbonyl (C=O) groups excluding carboxylic acids is 2. The zero-order valence-electron chi connectivity index (χ0n) is 23.4. The molecule has 40 heavy (non-hydrogen) atoms. The van der Waals surface area contributed by atoms with Crippen LogP contribution in [-0.2, 0) is 9.47 Å². The van der Waals surface area contributed by atoms with Gasteiger partial charge in [-0.1, -0.05) is 24.3 Å². The van der Waals surface area contributed by atoms with E-state index in [2.05, 4.69) is 20.6 Å². The number of amides is 2. The van der Waals surface area contributed by atoms with E-state index in [1.807, 2.05) is 0 Å². The minimum Gasteiger partial charge on any atom is -0.504 e. The maximum atomic E-state index is 12.2. The Labute approximate surface area is 233 Å². The van der Waals surface area contributed by atoms with Gasteiger partial charge in [-0.2, -0.15) is 0 Å². The van der Waals surface area contributed by atoms with Crippen LogP contribution >= 0.6 is 0 Å². The average Bonchev–Trinajstić information content (AvgIpc) is 2.83. The molecule has 2 amide bonds. The Hall–Kier alpha value is -4.86. The number of carbonyl (C=O) groups is 2. The van der Waals surface area contributed by atoms with E-state index in [9.17, 15) is 19.8 Å². The van der Waals surface area contributed by atoms with E-state index < -0.39 is 34.9 Å². The molecule has 10 nitrogen and oxygen atoms in total. The molecule has 0 saturated heterocycles. The van der Waals surface area contributed by atoms with Crippen LogP contribution in [0.3, 0.4) is 0 Å². The van der Waals surface area contributed by atoms with Crippen LogP contribution in [-0.4, -0.2) is 46.0 Å². The molecule has 0 aromatic heterocycles. The number of rotatable bonds is 6. The van der Waals surface area contributed by atoms with Gasteiger partial charge in [-0.15, -0.1) is 0 Å². The molecule has 0 unspecified atom stereocenters. The van der Waals surface area contributed by atoms with Crippen molar-refractivity contribution < 1.29 is 29.3 Å². The standard InChI is InChI=1S/C30H34N4O6/c1-29(2,3)39-27(37)33-23-13-9-7-11-21(23)31-17-19-15-16-20(26(36)25(19)35)18-32-22-12-8-10-14-24(22)34-28(38)40-30(4,5)6/h7-18,35-36H,1-6H3,(H,33,37)(H,34,38). The van der Waals surface area contributed by atoms with E-state index in [0.29, 0.717) is 22.7 Å². The Balaban J connectivity index is 1.79. The smallest absolute Gasteiger partial charge is 0.412 e. The molecule has 0 aliphatic rings. The number of hydrogen-bond donors (Lipinski definition) is 4. The fraction of sp³-hybridized carbons (Fsp3) is 0.267. The fourth-order valence-corrected chi connectivity index (χ4v) is 3.31. The third-order valence-corrected chi connectivity index (χ3v) is 4.98. The summed E-state index contributed by atoms with van der Waals surface area (Å²) in [6.45, 7) is 10.6. The molecule has 210 valence electrons. The van der Waals surface area contributed by atoms with Gasteiger partial charge in [0.1, 0.15) is 11.2 Å². The van der Waals surface area contributed by atoms with E-state index in [0.717, 1.165) is 0 Å². The molecule has 0 bridgehead atoms. The first-order valence-electron chi connectivity index (χ1n) is 12.5. The number of benzene rings is 3. The third-order valence-electron chi connectivity index (χ3n) is 4.98. The molecule has 0 radical (unpaired) electrons. The first kappa shape index (κ1) is 29.7. The highest BCUT2D eigenvalue weighted by molar-refractivity contribution is 5.96. The van der Waals surface area contributed by atoms with Crippen molar-refractivity contribution in [3.63, 3.8) is 0 Å². The van der Waals surface area contributed by atoms with E-state index in [1.54, 1.807) is 102 Å². The molecule has 0 fully saturated rings. The van der Waals surface area contributed by atoms with E-state index >= 15 is 0 Å². The SMILES string of the molecule is CC(C)(C)OC(=O)Nc1ccccc1N=Cc1ccc(C=Nc2ccccc2NC(=O)OC(C)(C)C)c(O)c1O. The van der Waals surface area contributed by atoms with Crippen molar-refractivity contribution in [2.75, 3.05) is 10.6 Å². The summed E-state index contributed by atoms with van der Waals surface area (Å²) >= 11 is 0. The molecular formula is C30H34N4O6. The first-order valence-corrected chi connectivity index (χ1v) is 12.5. The second-order valence-electron chi connectivity index (χ2n) is 10.7. The molecule has 4 N–H and O–H groups in total. The van der Waals surface area contributed by atoms with Crippen LogP contribution in [0.15, 0.2) is 70.6 Å². The summed E-state index contributed by atoms with van der Waals surface area (Å²) in [7, 11) is 0. The molecule has 3 aromatic carbocycles. The minimum absolute atomic E-state index is 0.244. The molecular weight excluding hydrogens is 512 g/mol. The lowest BCUT2D eigenvalue weighted by atomic mass is 10.1. The van der Waals surface area contributed by atoms with E-state index in [4.69, 9.17) is 9.47 Å². The second kappa shape index (κ2) is 12.3. The molecule has 3 rings (SSSR count). The predicted molar refractivity (Wildman–Crippen MR) is 157 cm³/mol. The van der Waals surface area contributed by atoms with Gasteiger partial charge in [0.05, 0.1) is 22.7 Å². The van der Waals surface area contributed by atoms with Crippen molar-refractivity contribution in [3.8, 4) is 11.5 Å². The Kier molecular flexibility index (Phi) is 9.15. The van der Waals surface area contributed by atoms with Crippen LogP contribution in [0.25, 0.3) is 0 Å². The number of aromatic hydroxyl groups is 2. The van der Waals surface area contributed by atoms with Crippen LogP contribution in [0.5, 0.6) is 11.5 Å². The van der Waals surface area contributed by atoms with Gasteiger partial charge in [0.2, 0.25) is 0 Å². The third kappa shape index (κ3) is 8.87. The summed E-state index contributed by atoms with van der Waals surface area (Å²) in [5, 5.41) is 26.5. The lowest BCUT2D eigenvalue weighted by molar-refractivity contribution is 0.0624. The van der Waals surface area contributed by atoms with Gasteiger partial charge >= 0.3 is 12.2 Å². The summed E-state index contributed by atoms with van der Waals surface area (Å²) in [5.41, 5.74) is 0.848. The highest BCUT2D eigenvalue weighted by atomic mass is 16.6. The maximum absolute atomic E-state index is 12.2. The summed E-state index contributed by atoms with van der Waals surface area (Å²) in [4.78, 5) is 33.1. The normalized spacial score (nSPS) is 11.9. The van der Waals surface area contributed by atoms with Gasteiger partial charge in [0.15, 0.2) is 11.5 Å². The molecule has 10 heteroatoms. The van der Waals surface area contributed by atoms with E-state index in [-0.39, 0.29) is 11.1 Å². The van der Waals surface area contributed by atoms with Crippen LogP contribution in [0.4, 0.5) is 32.3 Å². The molecule has 0 heterocycles. The number of para-hydroxylation sites is 4. The average molecular weight is 547 g/mol. The second-order valence-corrected chi connectivity index (χ2v) is 10.7. The maximum Gasteiger partial charge on any atom is 0.412 e. The number of nitrogens with zero attached hydrogens (tertiary/aromatic N) is 2. The van der Waals surface area contributed by atoms with Gasteiger partial charge < -0.3 is 19.7 Å². The van der Waals surface area contributed by atoms with Crippen molar-refractivity contribution in [1.82, 2.24) is 0 Å². The van der Waals surface area contributed by atoms with Crippen LogP contribution < -0.4 is 10.6 Å². The van der Waals surface area contributed by atoms with Crippen molar-refractivity contribution in [3.05, 3.63) is 71.8 Å². The van der Waals surface area contributed by atoms with Crippen molar-refractivity contribution in [2.24, 2.45) is 9.98 Å². The molecule has 0 aliphatic carbocycles. The number of anilines is 2. The summed E-state index contributed by atoms with van der Waals surface area (Å²) in [5.74, 6) is -0.795. The molecule has 0 saturated carbocycles. The van der Waals surface area contributed by atoms with Crippen molar-refractivity contribution >= 4 is 47.4 Å². The number of ether oxygens (including phenoxy) is 2. The predicted octanol–water partition coefficient (Wildman–Crippen LogP) is 7.29. The largest absolute Gasteiger partial charge is 0.504 e. The lowest BCUT2D eigenvalue weighted by Gasteiger charge is -2.20. The van der Waals surface area contributed by atoms with Gasteiger partial charge in [-0.05, 0) is 77.9 Å². The van der Waals surface area contributed by atoms with Crippen molar-refractivity contribution in [2.45, 2.75) is 52.7 Å². The highest BCUT2D eigenvalue weighted by Crippen LogP contribution is 2.33. The number of hydrogen-bond acceptors (Lipinski definition) is 8. The Morgan fingerprint density at radius 1 is 0.650 bits per heavy atom. The molecule has 3 aromatic rings. The number of phenols is 2. The Bertz CT molecular complexity index is 1330. The Morgan fingerprint density at radius 3 is 1.35 bits per heavy atom. The number of aliphatic imine (C=N–C) groups is 2.